The number of sulfonamides is 1. The van der Waals surface area contributed by atoms with Gasteiger partial charge >= 0.3 is 12.1 Å². The van der Waals surface area contributed by atoms with E-state index in [9.17, 15) is 36.3 Å². The van der Waals surface area contributed by atoms with E-state index < -0.39 is 51.3 Å². The average molecular weight is 576 g/mol. The van der Waals surface area contributed by atoms with E-state index in [1.165, 1.54) is 6.92 Å². The first kappa shape index (κ1) is 27.6. The van der Waals surface area contributed by atoms with Crippen molar-refractivity contribution in [3.8, 4) is 0 Å². The fraction of sp³-hybridized carbons (Fsp3) is 0.625. The van der Waals surface area contributed by atoms with Crippen LogP contribution in [0.3, 0.4) is 0 Å². The molecule has 0 aromatic carbocycles. The SMILES string of the molecule is CC(=S)N(CC(F)(F)F)[C@@H]1C(=O)N2C(C(=O)O)=C(C(CCNS(C)(=O)=O)Sc3nnn[nH]3)CS[C@@H]12. The zero-order valence-corrected chi connectivity index (χ0v) is 21.4. The van der Waals surface area contributed by atoms with Crippen molar-refractivity contribution in [1.29, 1.82) is 0 Å². The van der Waals surface area contributed by atoms with Crippen molar-refractivity contribution in [2.24, 2.45) is 0 Å². The van der Waals surface area contributed by atoms with Crippen molar-refractivity contribution < 1.29 is 36.3 Å². The van der Waals surface area contributed by atoms with Crippen molar-refractivity contribution in [1.82, 2.24) is 35.1 Å². The molecule has 3 atom stereocenters. The van der Waals surface area contributed by atoms with Gasteiger partial charge in [-0.05, 0) is 29.3 Å². The third kappa shape index (κ3) is 6.63. The summed E-state index contributed by atoms with van der Waals surface area (Å²) in [5.74, 6) is -2.18. The quantitative estimate of drug-likeness (QED) is 0.201. The number of amides is 1. The zero-order valence-electron chi connectivity index (χ0n) is 18.1. The molecule has 1 saturated heterocycles. The van der Waals surface area contributed by atoms with Gasteiger partial charge in [0.25, 0.3) is 5.91 Å². The monoisotopic (exact) mass is 575 g/mol. The lowest BCUT2D eigenvalue weighted by Gasteiger charge is -2.53. The number of alkyl halides is 3. The highest BCUT2D eigenvalue weighted by atomic mass is 32.2. The van der Waals surface area contributed by atoms with Gasteiger partial charge < -0.3 is 10.0 Å². The topological polar surface area (TPSA) is 161 Å². The Morgan fingerprint density at radius 1 is 1.49 bits per heavy atom. The van der Waals surface area contributed by atoms with Gasteiger partial charge in [0.15, 0.2) is 0 Å². The van der Waals surface area contributed by atoms with E-state index >= 15 is 0 Å². The number of hydrogen-bond donors (Lipinski definition) is 3. The van der Waals surface area contributed by atoms with Crippen LogP contribution in [0.4, 0.5) is 13.2 Å². The maximum Gasteiger partial charge on any atom is 0.405 e. The minimum absolute atomic E-state index is 0.0391. The van der Waals surface area contributed by atoms with Gasteiger partial charge in [0.2, 0.25) is 15.2 Å². The number of nitrogens with zero attached hydrogens (tertiary/aromatic N) is 5. The van der Waals surface area contributed by atoms with Crippen LogP contribution in [0.2, 0.25) is 0 Å². The van der Waals surface area contributed by atoms with E-state index in [1.54, 1.807) is 0 Å². The first-order chi connectivity index (χ1) is 16.2. The van der Waals surface area contributed by atoms with Crippen LogP contribution in [-0.4, -0.2) is 109 Å². The predicted octanol–water partition coefficient (Wildman–Crippen LogP) is 0.434. The minimum Gasteiger partial charge on any atom is -0.477 e. The van der Waals surface area contributed by atoms with E-state index in [2.05, 4.69) is 25.3 Å². The molecule has 194 valence electrons. The first-order valence-corrected chi connectivity index (χ1v) is 14.0. The van der Waals surface area contributed by atoms with Crippen molar-refractivity contribution in [2.75, 3.05) is 25.1 Å². The lowest BCUT2D eigenvalue weighted by Crippen LogP contribution is -2.72. The van der Waals surface area contributed by atoms with E-state index in [1.807, 2.05) is 0 Å². The normalized spacial score (nSPS) is 21.4. The third-order valence-corrected chi connectivity index (χ3v) is 8.45. The molecule has 0 bridgehead atoms. The molecule has 12 nitrogen and oxygen atoms in total. The summed E-state index contributed by atoms with van der Waals surface area (Å²) in [6, 6.07) is -1.26. The number of halogens is 3. The number of β-lactam (4-membered cyclic amide) rings is 1. The lowest BCUT2D eigenvalue weighted by atomic mass is 9.99. The van der Waals surface area contributed by atoms with Gasteiger partial charge in [0, 0.05) is 17.5 Å². The number of carboxylic acids is 1. The number of carbonyl (C=O) groups is 2. The Bertz CT molecular complexity index is 1130. The lowest BCUT2D eigenvalue weighted by molar-refractivity contribution is -0.164. The second-order valence-electron chi connectivity index (χ2n) is 7.56. The number of thiocarbonyl (C=S) groups is 1. The number of aromatic amines is 1. The first-order valence-electron chi connectivity index (χ1n) is 9.79. The molecule has 2 aliphatic rings. The molecule has 0 spiro atoms. The van der Waals surface area contributed by atoms with Crippen LogP contribution in [0.25, 0.3) is 0 Å². The van der Waals surface area contributed by atoms with E-state index in [0.29, 0.717) is 5.57 Å². The molecule has 3 N–H and O–H groups in total. The van der Waals surface area contributed by atoms with Crippen LogP contribution in [0.15, 0.2) is 16.4 Å². The molecule has 19 heteroatoms. The molecule has 0 radical (unpaired) electrons. The molecular weight excluding hydrogens is 555 g/mol. The Hall–Kier alpha value is -1.96. The fourth-order valence-corrected chi connectivity index (χ4v) is 6.92. The number of rotatable bonds is 10. The number of carboxylic acid groups (broad SMARTS) is 1. The Morgan fingerprint density at radius 2 is 2.17 bits per heavy atom. The van der Waals surface area contributed by atoms with Crippen molar-refractivity contribution in [2.45, 2.75) is 41.3 Å². The van der Waals surface area contributed by atoms with Crippen LogP contribution >= 0.6 is 35.7 Å². The second kappa shape index (κ2) is 10.6. The molecule has 3 rings (SSSR count). The Kier molecular flexibility index (Phi) is 8.34. The number of aromatic nitrogens is 4. The van der Waals surface area contributed by atoms with Crippen LogP contribution in [0.1, 0.15) is 13.3 Å². The standard InChI is InChI=1S/C16H20F3N7O5S4/c1-7(32)25(6-16(17,18)19)11-12(27)26-10(14(28)29)8(5-33-13(11)26)9(3-4-20-35(2,30)31)34-15-21-23-24-22-15/h9,11,13,20H,3-6H2,1-2H3,(H,28,29)(H,21,22,23,24)/t9?,11-,13+/m1/s1. The Labute approximate surface area is 211 Å². The molecule has 2 aliphatic heterocycles. The van der Waals surface area contributed by atoms with E-state index in [0.717, 1.165) is 39.6 Å². The highest BCUT2D eigenvalue weighted by Crippen LogP contribution is 2.46. The molecule has 1 aromatic heterocycles. The van der Waals surface area contributed by atoms with Gasteiger partial charge in [0.1, 0.15) is 23.7 Å². The van der Waals surface area contributed by atoms with E-state index in [4.69, 9.17) is 12.2 Å². The van der Waals surface area contributed by atoms with Gasteiger partial charge in [-0.3, -0.25) is 9.69 Å². The highest BCUT2D eigenvalue weighted by molar-refractivity contribution is 8.01. The van der Waals surface area contributed by atoms with Gasteiger partial charge in [-0.1, -0.05) is 24.0 Å². The van der Waals surface area contributed by atoms with E-state index in [-0.39, 0.29) is 34.6 Å². The van der Waals surface area contributed by atoms with Crippen LogP contribution in [0, 0.1) is 0 Å². The summed E-state index contributed by atoms with van der Waals surface area (Å²) in [7, 11) is -3.52. The fourth-order valence-electron chi connectivity index (χ4n) is 3.64. The molecule has 0 saturated carbocycles. The second-order valence-corrected chi connectivity index (χ2v) is 12.3. The summed E-state index contributed by atoms with van der Waals surface area (Å²) in [4.78, 5) is 26.8. The molecular formula is C16H20F3N7O5S4. The number of tetrazole rings is 1. The third-order valence-electron chi connectivity index (χ3n) is 5.00. The summed E-state index contributed by atoms with van der Waals surface area (Å²) in [5.41, 5.74) is -0.0583. The smallest absolute Gasteiger partial charge is 0.405 e. The maximum absolute atomic E-state index is 13.1. The predicted molar refractivity (Wildman–Crippen MR) is 124 cm³/mol. The summed E-state index contributed by atoms with van der Waals surface area (Å²) >= 11 is 7.08. The minimum atomic E-state index is -4.61. The number of H-pyrrole nitrogens is 1. The van der Waals surface area contributed by atoms with Gasteiger partial charge in [-0.15, -0.1) is 16.9 Å². The number of aliphatic carboxylic acids is 1. The summed E-state index contributed by atoms with van der Waals surface area (Å²) in [5, 5.41) is 21.8. The summed E-state index contributed by atoms with van der Waals surface area (Å²) < 4.78 is 64.5. The number of thioether (sulfide) groups is 2. The van der Waals surface area contributed by atoms with Gasteiger partial charge in [0.05, 0.1) is 11.2 Å². The van der Waals surface area contributed by atoms with Crippen molar-refractivity contribution in [3.05, 3.63) is 11.3 Å². The molecule has 1 unspecified atom stereocenters. The van der Waals surface area contributed by atoms with Gasteiger partial charge in [-0.2, -0.15) is 13.2 Å². The molecule has 1 fully saturated rings. The average Bonchev–Trinajstić information content (AvgIpc) is 3.22. The Balaban J connectivity index is 1.93. The van der Waals surface area contributed by atoms with Crippen LogP contribution in [-0.2, 0) is 19.6 Å². The number of carbonyl (C=O) groups excluding carboxylic acids is 1. The number of nitrogens with one attached hydrogen (secondary N) is 2. The maximum atomic E-state index is 13.1. The molecule has 1 amide bonds. The number of hydrogen-bond acceptors (Lipinski definition) is 10. The molecule has 1 aromatic rings. The van der Waals surface area contributed by atoms with Gasteiger partial charge in [-0.25, -0.2) is 23.0 Å². The Morgan fingerprint density at radius 3 is 2.69 bits per heavy atom. The summed E-state index contributed by atoms with van der Waals surface area (Å²) in [6.45, 7) is -0.198. The molecule has 3 heterocycles. The van der Waals surface area contributed by atoms with Crippen LogP contribution < -0.4 is 4.72 Å². The van der Waals surface area contributed by atoms with Crippen molar-refractivity contribution in [3.63, 3.8) is 0 Å². The van der Waals surface area contributed by atoms with Crippen LogP contribution in [0.5, 0.6) is 0 Å². The van der Waals surface area contributed by atoms with Crippen molar-refractivity contribution >= 4 is 62.6 Å². The highest BCUT2D eigenvalue weighted by Gasteiger charge is 2.57. The summed E-state index contributed by atoms with van der Waals surface area (Å²) in [6.07, 6.45) is -3.51. The largest absolute Gasteiger partial charge is 0.477 e. The zero-order chi connectivity index (χ0) is 26.1. The number of fused-ring (bicyclic) bond motifs is 1. The molecule has 35 heavy (non-hydrogen) atoms. The molecule has 0 aliphatic carbocycles.